The number of likely N-dealkylation sites (N-methyl/N-ethyl adjacent to an activating group) is 1. The van der Waals surface area contributed by atoms with Crippen LogP contribution in [0.4, 0.5) is 0 Å². The molecule has 1 aromatic heterocycles. The van der Waals surface area contributed by atoms with E-state index in [0.29, 0.717) is 31.6 Å². The monoisotopic (exact) mass is 476 g/mol. The fraction of sp³-hybridized carbons (Fsp3) is 0.370. The molecule has 3 aromatic rings. The summed E-state index contributed by atoms with van der Waals surface area (Å²) in [5.41, 5.74) is 7.44. The van der Waals surface area contributed by atoms with E-state index in [1.165, 1.54) is 18.4 Å². The fourth-order valence-corrected chi connectivity index (χ4v) is 4.95. The SMILES string of the molecule is CCCN(CC=O)C(=O)C1Cc2c(n(Cc3ccc(C(=O)NOC)cc3)c3ccccc23)CN1C. The molecule has 2 amide bonds. The summed E-state index contributed by atoms with van der Waals surface area (Å²) in [5.74, 6) is -0.277. The molecule has 0 radical (unpaired) electrons. The number of aromatic nitrogens is 1. The molecule has 0 fully saturated rings. The summed E-state index contributed by atoms with van der Waals surface area (Å²) < 4.78 is 2.31. The van der Waals surface area contributed by atoms with Crippen LogP contribution in [-0.4, -0.2) is 65.8 Å². The van der Waals surface area contributed by atoms with Gasteiger partial charge in [0, 0.05) is 41.8 Å². The van der Waals surface area contributed by atoms with Gasteiger partial charge in [0.25, 0.3) is 5.91 Å². The van der Waals surface area contributed by atoms with Crippen molar-refractivity contribution in [3.63, 3.8) is 0 Å². The van der Waals surface area contributed by atoms with Crippen LogP contribution in [0.25, 0.3) is 10.9 Å². The molecule has 8 heteroatoms. The summed E-state index contributed by atoms with van der Waals surface area (Å²) in [5, 5.41) is 1.15. The number of hydrogen-bond acceptors (Lipinski definition) is 5. The number of carbonyl (C=O) groups is 3. The topological polar surface area (TPSA) is 83.9 Å². The molecule has 1 aliphatic heterocycles. The molecule has 0 spiro atoms. The highest BCUT2D eigenvalue weighted by atomic mass is 16.6. The Balaban J connectivity index is 1.66. The zero-order valence-corrected chi connectivity index (χ0v) is 20.5. The van der Waals surface area contributed by atoms with Gasteiger partial charge in [-0.3, -0.25) is 19.3 Å². The van der Waals surface area contributed by atoms with E-state index in [2.05, 4.69) is 27.1 Å². The molecule has 8 nitrogen and oxygen atoms in total. The van der Waals surface area contributed by atoms with Gasteiger partial charge in [-0.15, -0.1) is 0 Å². The number of aldehydes is 1. The zero-order chi connectivity index (χ0) is 24.9. The van der Waals surface area contributed by atoms with Crippen LogP contribution in [0.15, 0.2) is 48.5 Å². The number of hydroxylamine groups is 1. The third-order valence-corrected chi connectivity index (χ3v) is 6.66. The molecule has 1 aliphatic rings. The normalized spacial score (nSPS) is 15.6. The summed E-state index contributed by atoms with van der Waals surface area (Å²) >= 11 is 0. The first kappa shape index (κ1) is 24.6. The van der Waals surface area contributed by atoms with Crippen molar-refractivity contribution in [3.05, 3.63) is 70.9 Å². The van der Waals surface area contributed by atoms with E-state index in [1.54, 1.807) is 17.0 Å². The van der Waals surface area contributed by atoms with Crippen molar-refractivity contribution in [1.29, 1.82) is 0 Å². The molecule has 2 aromatic carbocycles. The van der Waals surface area contributed by atoms with Crippen LogP contribution in [-0.2, 0) is 33.9 Å². The Bertz CT molecular complexity index is 1220. The maximum atomic E-state index is 13.3. The molecule has 184 valence electrons. The van der Waals surface area contributed by atoms with E-state index in [-0.39, 0.29) is 24.4 Å². The van der Waals surface area contributed by atoms with Crippen molar-refractivity contribution in [2.75, 3.05) is 27.2 Å². The summed E-state index contributed by atoms with van der Waals surface area (Å²) in [4.78, 5) is 45.0. The second kappa shape index (κ2) is 10.8. The third-order valence-electron chi connectivity index (χ3n) is 6.66. The third kappa shape index (κ3) is 4.99. The standard InChI is InChI=1S/C27H32N4O4/c1-4-13-30(14-15-32)27(34)24-16-22-21-7-5-6-8-23(21)31(25(22)18-29(24)2)17-19-9-11-20(12-10-19)26(33)28-35-3/h5-12,15,24H,4,13-14,16-18H2,1-3H3,(H,28,33). The van der Waals surface area contributed by atoms with Crippen molar-refractivity contribution in [2.24, 2.45) is 0 Å². The molecule has 0 bridgehead atoms. The first-order valence-corrected chi connectivity index (χ1v) is 11.9. The first-order chi connectivity index (χ1) is 17.0. The van der Waals surface area contributed by atoms with Gasteiger partial charge >= 0.3 is 0 Å². The van der Waals surface area contributed by atoms with Crippen LogP contribution in [0.2, 0.25) is 0 Å². The molecule has 4 rings (SSSR count). The zero-order valence-electron chi connectivity index (χ0n) is 20.5. The second-order valence-electron chi connectivity index (χ2n) is 8.95. The molecule has 0 saturated heterocycles. The molecule has 1 atom stereocenters. The number of para-hydroxylation sites is 1. The molecule has 1 N–H and O–H groups in total. The Kier molecular flexibility index (Phi) is 7.63. The molecular weight excluding hydrogens is 444 g/mol. The maximum absolute atomic E-state index is 13.3. The average molecular weight is 477 g/mol. The number of hydrogen-bond donors (Lipinski definition) is 1. The number of benzene rings is 2. The lowest BCUT2D eigenvalue weighted by Gasteiger charge is -2.35. The van der Waals surface area contributed by atoms with Crippen LogP contribution < -0.4 is 5.48 Å². The highest BCUT2D eigenvalue weighted by molar-refractivity contribution is 5.93. The largest absolute Gasteiger partial charge is 0.339 e. The Morgan fingerprint density at radius 3 is 2.60 bits per heavy atom. The van der Waals surface area contributed by atoms with Gasteiger partial charge in [-0.2, -0.15) is 0 Å². The Labute approximate surface area is 205 Å². The quantitative estimate of drug-likeness (QED) is 0.379. The fourth-order valence-electron chi connectivity index (χ4n) is 4.95. The van der Waals surface area contributed by atoms with Crippen LogP contribution in [0.1, 0.15) is 40.5 Å². The lowest BCUT2D eigenvalue weighted by molar-refractivity contribution is -0.138. The predicted octanol–water partition coefficient (Wildman–Crippen LogP) is 2.77. The summed E-state index contributed by atoms with van der Waals surface area (Å²) in [6.07, 6.45) is 2.22. The lowest BCUT2D eigenvalue weighted by Crippen LogP contribution is -2.51. The average Bonchev–Trinajstić information content (AvgIpc) is 3.16. The van der Waals surface area contributed by atoms with Gasteiger partial charge < -0.3 is 14.3 Å². The van der Waals surface area contributed by atoms with Crippen LogP contribution >= 0.6 is 0 Å². The number of rotatable bonds is 9. The van der Waals surface area contributed by atoms with E-state index in [0.717, 1.165) is 29.2 Å². The molecule has 2 heterocycles. The smallest absolute Gasteiger partial charge is 0.274 e. The van der Waals surface area contributed by atoms with Crippen LogP contribution in [0.5, 0.6) is 0 Å². The second-order valence-corrected chi connectivity index (χ2v) is 8.95. The van der Waals surface area contributed by atoms with Gasteiger partial charge in [-0.25, -0.2) is 5.48 Å². The molecule has 0 saturated carbocycles. The highest BCUT2D eigenvalue weighted by Crippen LogP contribution is 2.33. The minimum absolute atomic E-state index is 0.00820. The summed E-state index contributed by atoms with van der Waals surface area (Å²) in [6.45, 7) is 4.01. The van der Waals surface area contributed by atoms with Gasteiger partial charge in [0.05, 0.1) is 19.7 Å². The van der Waals surface area contributed by atoms with E-state index < -0.39 is 0 Å². The predicted molar refractivity (Wildman–Crippen MR) is 134 cm³/mol. The van der Waals surface area contributed by atoms with E-state index in [9.17, 15) is 14.4 Å². The number of amides is 2. The number of nitrogens with zero attached hydrogens (tertiary/aromatic N) is 3. The molecule has 1 unspecified atom stereocenters. The Hall–Kier alpha value is -3.49. The Morgan fingerprint density at radius 1 is 1.17 bits per heavy atom. The molecular formula is C27H32N4O4. The van der Waals surface area contributed by atoms with Crippen molar-refractivity contribution < 1.29 is 19.2 Å². The van der Waals surface area contributed by atoms with E-state index in [4.69, 9.17) is 4.84 Å². The molecule has 0 aliphatic carbocycles. The van der Waals surface area contributed by atoms with Crippen molar-refractivity contribution in [2.45, 2.75) is 38.9 Å². The van der Waals surface area contributed by atoms with Gasteiger partial charge in [0.1, 0.15) is 6.29 Å². The lowest BCUT2D eigenvalue weighted by atomic mass is 9.96. The van der Waals surface area contributed by atoms with Crippen molar-refractivity contribution in [3.8, 4) is 0 Å². The van der Waals surface area contributed by atoms with E-state index in [1.807, 2.05) is 38.2 Å². The number of nitrogens with one attached hydrogen (secondary N) is 1. The van der Waals surface area contributed by atoms with Crippen molar-refractivity contribution in [1.82, 2.24) is 19.8 Å². The van der Waals surface area contributed by atoms with Gasteiger partial charge in [-0.05, 0) is 49.2 Å². The van der Waals surface area contributed by atoms with Crippen LogP contribution in [0.3, 0.4) is 0 Å². The molecule has 35 heavy (non-hydrogen) atoms. The minimum atomic E-state index is -0.299. The van der Waals surface area contributed by atoms with E-state index >= 15 is 0 Å². The maximum Gasteiger partial charge on any atom is 0.274 e. The minimum Gasteiger partial charge on any atom is -0.339 e. The van der Waals surface area contributed by atoms with Gasteiger partial charge in [-0.1, -0.05) is 37.3 Å². The summed E-state index contributed by atoms with van der Waals surface area (Å²) in [6, 6.07) is 15.5. The van der Waals surface area contributed by atoms with Gasteiger partial charge in [0.15, 0.2) is 0 Å². The van der Waals surface area contributed by atoms with Crippen molar-refractivity contribution >= 4 is 29.0 Å². The van der Waals surface area contributed by atoms with Crippen LogP contribution in [0, 0.1) is 0 Å². The number of carbonyl (C=O) groups excluding carboxylic acids is 3. The highest BCUT2D eigenvalue weighted by Gasteiger charge is 2.35. The van der Waals surface area contributed by atoms with Gasteiger partial charge in [0.2, 0.25) is 5.91 Å². The first-order valence-electron chi connectivity index (χ1n) is 11.9. The number of fused-ring (bicyclic) bond motifs is 3. The Morgan fingerprint density at radius 2 is 1.91 bits per heavy atom. The summed E-state index contributed by atoms with van der Waals surface area (Å²) in [7, 11) is 3.38.